The molecule has 0 aromatic heterocycles. The van der Waals surface area contributed by atoms with Crippen molar-refractivity contribution >= 4 is 17.9 Å². The molecule has 0 amide bonds. The molecule has 0 bridgehead atoms. The van der Waals surface area contributed by atoms with Gasteiger partial charge in [0.1, 0.15) is 13.2 Å². The number of esters is 3. The van der Waals surface area contributed by atoms with E-state index in [4.69, 9.17) is 14.2 Å². The Labute approximate surface area is 439 Å². The van der Waals surface area contributed by atoms with Gasteiger partial charge in [0.05, 0.1) is 0 Å². The molecule has 0 aliphatic carbocycles. The third-order valence-corrected chi connectivity index (χ3v) is 12.9. The Morgan fingerprint density at radius 2 is 0.606 bits per heavy atom. The summed E-state index contributed by atoms with van der Waals surface area (Å²) in [7, 11) is 0. The van der Waals surface area contributed by atoms with E-state index in [2.05, 4.69) is 99.8 Å². The monoisotopic (exact) mass is 989 g/mol. The molecule has 0 aliphatic heterocycles. The fourth-order valence-electron chi connectivity index (χ4n) is 8.41. The number of hydrogen-bond donors (Lipinski definition) is 0. The first-order valence-electron chi connectivity index (χ1n) is 30.1. The average Bonchev–Trinajstić information content (AvgIpc) is 3.37. The number of carbonyl (C=O) groups excluding carboxylic acids is 3. The predicted octanol–water partition coefficient (Wildman–Crippen LogP) is 20.3. The maximum absolute atomic E-state index is 12.8. The van der Waals surface area contributed by atoms with Gasteiger partial charge in [-0.1, -0.05) is 279 Å². The molecule has 1 unspecified atom stereocenters. The first kappa shape index (κ1) is 67.6. The van der Waals surface area contributed by atoms with Crippen molar-refractivity contribution in [1.29, 1.82) is 0 Å². The maximum Gasteiger partial charge on any atom is 0.306 e. The molecule has 408 valence electrons. The lowest BCUT2D eigenvalue weighted by Gasteiger charge is -2.18. The Morgan fingerprint density at radius 3 is 0.972 bits per heavy atom. The van der Waals surface area contributed by atoms with E-state index >= 15 is 0 Å². The van der Waals surface area contributed by atoms with Crippen LogP contribution in [0.15, 0.2) is 85.1 Å². The molecule has 0 spiro atoms. The van der Waals surface area contributed by atoms with Gasteiger partial charge in [-0.05, 0) is 77.0 Å². The van der Waals surface area contributed by atoms with Gasteiger partial charge in [0.15, 0.2) is 6.10 Å². The van der Waals surface area contributed by atoms with Crippen molar-refractivity contribution in [3.8, 4) is 0 Å². The third kappa shape index (κ3) is 57.4. The molecule has 1 atom stereocenters. The zero-order valence-electron chi connectivity index (χ0n) is 46.7. The Balaban J connectivity index is 4.32. The topological polar surface area (TPSA) is 78.9 Å². The summed E-state index contributed by atoms with van der Waals surface area (Å²) >= 11 is 0. The van der Waals surface area contributed by atoms with Gasteiger partial charge in [-0.25, -0.2) is 0 Å². The van der Waals surface area contributed by atoms with Crippen LogP contribution in [0.4, 0.5) is 0 Å². The fraction of sp³-hybridized carbons (Fsp3) is 0.738. The molecule has 0 radical (unpaired) electrons. The summed E-state index contributed by atoms with van der Waals surface area (Å²) in [6, 6.07) is 0. The van der Waals surface area contributed by atoms with Crippen molar-refractivity contribution in [3.63, 3.8) is 0 Å². The molecule has 6 nitrogen and oxygen atoms in total. The van der Waals surface area contributed by atoms with E-state index in [0.29, 0.717) is 19.3 Å². The summed E-state index contributed by atoms with van der Waals surface area (Å²) in [5.74, 6) is -0.996. The van der Waals surface area contributed by atoms with E-state index in [1.807, 2.05) is 6.08 Å². The summed E-state index contributed by atoms with van der Waals surface area (Å²) < 4.78 is 16.8. The molecule has 0 rings (SSSR count). The lowest BCUT2D eigenvalue weighted by atomic mass is 10.0. The first-order valence-corrected chi connectivity index (χ1v) is 30.1. The Hall–Kier alpha value is -3.41. The summed E-state index contributed by atoms with van der Waals surface area (Å²) in [6.07, 6.45) is 77.6. The van der Waals surface area contributed by atoms with Gasteiger partial charge in [-0.15, -0.1) is 0 Å². The lowest BCUT2D eigenvalue weighted by Crippen LogP contribution is -2.30. The summed E-state index contributed by atoms with van der Waals surface area (Å²) in [4.78, 5) is 38.1. The summed E-state index contributed by atoms with van der Waals surface area (Å²) in [6.45, 7) is 6.42. The van der Waals surface area contributed by atoms with E-state index in [9.17, 15) is 14.4 Å². The maximum atomic E-state index is 12.8. The van der Waals surface area contributed by atoms with Crippen molar-refractivity contribution < 1.29 is 28.6 Å². The van der Waals surface area contributed by atoms with Crippen molar-refractivity contribution in [3.05, 3.63) is 85.1 Å². The smallest absolute Gasteiger partial charge is 0.306 e. The Bertz CT molecular complexity index is 1370. The van der Waals surface area contributed by atoms with E-state index in [-0.39, 0.29) is 31.6 Å². The molecule has 0 N–H and O–H groups in total. The minimum absolute atomic E-state index is 0.107. The summed E-state index contributed by atoms with van der Waals surface area (Å²) in [5, 5.41) is 0. The molecule has 0 aromatic rings. The number of rotatable bonds is 54. The van der Waals surface area contributed by atoms with Crippen LogP contribution in [-0.2, 0) is 28.6 Å². The van der Waals surface area contributed by atoms with Gasteiger partial charge < -0.3 is 14.2 Å². The van der Waals surface area contributed by atoms with Crippen LogP contribution in [0.5, 0.6) is 0 Å². The van der Waals surface area contributed by atoms with Crippen molar-refractivity contribution in [2.45, 2.75) is 297 Å². The fourth-order valence-corrected chi connectivity index (χ4v) is 8.41. The van der Waals surface area contributed by atoms with E-state index in [0.717, 1.165) is 96.3 Å². The van der Waals surface area contributed by atoms with Crippen molar-refractivity contribution in [1.82, 2.24) is 0 Å². The van der Waals surface area contributed by atoms with Crippen molar-refractivity contribution in [2.75, 3.05) is 13.2 Å². The number of carbonyl (C=O) groups is 3. The van der Waals surface area contributed by atoms with E-state index in [1.165, 1.54) is 148 Å². The minimum atomic E-state index is -0.819. The molecule has 0 heterocycles. The number of hydrogen-bond acceptors (Lipinski definition) is 6. The van der Waals surface area contributed by atoms with Crippen LogP contribution in [0.3, 0.4) is 0 Å². The lowest BCUT2D eigenvalue weighted by molar-refractivity contribution is -0.166. The average molecular weight is 990 g/mol. The number of allylic oxidation sites excluding steroid dienone is 14. The second kappa shape index (κ2) is 59.2. The third-order valence-electron chi connectivity index (χ3n) is 12.9. The quantitative estimate of drug-likeness (QED) is 0.0261. The Kier molecular flexibility index (Phi) is 56.3. The van der Waals surface area contributed by atoms with Gasteiger partial charge in [0, 0.05) is 19.3 Å². The van der Waals surface area contributed by atoms with Crippen LogP contribution in [0, 0.1) is 0 Å². The normalized spacial score (nSPS) is 12.7. The van der Waals surface area contributed by atoms with Crippen LogP contribution in [0.2, 0.25) is 0 Å². The molecular weight excluding hydrogens is 877 g/mol. The van der Waals surface area contributed by atoms with Gasteiger partial charge >= 0.3 is 17.9 Å². The van der Waals surface area contributed by atoms with E-state index in [1.54, 1.807) is 0 Å². The number of unbranched alkanes of at least 4 members (excludes halogenated alkanes) is 29. The van der Waals surface area contributed by atoms with Crippen LogP contribution < -0.4 is 0 Å². The van der Waals surface area contributed by atoms with Crippen LogP contribution in [0.25, 0.3) is 0 Å². The highest BCUT2D eigenvalue weighted by molar-refractivity contribution is 5.71. The highest BCUT2D eigenvalue weighted by Gasteiger charge is 2.19. The standard InChI is InChI=1S/C65H112O6/c1-4-7-10-13-16-19-22-24-26-28-30-31-32-33-34-36-37-39-41-43-46-49-52-55-58-64(67)70-61-62(60-69-63(66)57-54-51-48-45-21-18-15-12-9-6-3)71-65(68)59-56-53-50-47-44-42-40-38-35-29-27-25-23-20-17-14-11-8-5-2/h8,11-12,15,17,20,25,27,35,38,42,44,50,53,62H,4-7,9-10,13-14,16,18-19,21-24,26,28-34,36-37,39-41,43,45-49,51-52,54-61H2,1-3H3/b11-8-,15-12-,20-17-,27-25-,38-35-,44-42-,53-50-. The van der Waals surface area contributed by atoms with Crippen molar-refractivity contribution in [2.24, 2.45) is 0 Å². The predicted molar refractivity (Wildman–Crippen MR) is 307 cm³/mol. The zero-order valence-corrected chi connectivity index (χ0v) is 46.7. The molecule has 0 aromatic carbocycles. The molecular formula is C65H112O6. The SMILES string of the molecule is CC/C=C\C/C=C\C/C=C\C/C=C\C/C=C\C/C=C\CCC(=O)OC(COC(=O)CCCCCCC/C=C\CCC)COC(=O)CCCCCCCCCCCCCCCCCCCCCCCCCC. The largest absolute Gasteiger partial charge is 0.462 e. The minimum Gasteiger partial charge on any atom is -0.462 e. The molecule has 0 fully saturated rings. The first-order chi connectivity index (χ1) is 35.0. The van der Waals surface area contributed by atoms with Crippen LogP contribution >= 0.6 is 0 Å². The van der Waals surface area contributed by atoms with Crippen LogP contribution in [0.1, 0.15) is 290 Å². The Morgan fingerprint density at radius 1 is 0.296 bits per heavy atom. The molecule has 0 saturated carbocycles. The molecule has 71 heavy (non-hydrogen) atoms. The molecule has 0 saturated heterocycles. The molecule has 6 heteroatoms. The second-order valence-corrected chi connectivity index (χ2v) is 19.9. The van der Waals surface area contributed by atoms with Gasteiger partial charge in [0.25, 0.3) is 0 Å². The van der Waals surface area contributed by atoms with E-state index < -0.39 is 12.1 Å². The van der Waals surface area contributed by atoms with Gasteiger partial charge in [-0.2, -0.15) is 0 Å². The second-order valence-electron chi connectivity index (χ2n) is 19.9. The highest BCUT2D eigenvalue weighted by atomic mass is 16.6. The number of ether oxygens (including phenoxy) is 3. The van der Waals surface area contributed by atoms with Gasteiger partial charge in [-0.3, -0.25) is 14.4 Å². The van der Waals surface area contributed by atoms with Crippen LogP contribution in [-0.4, -0.2) is 37.2 Å². The van der Waals surface area contributed by atoms with Gasteiger partial charge in [0.2, 0.25) is 0 Å². The molecule has 0 aliphatic rings. The highest BCUT2D eigenvalue weighted by Crippen LogP contribution is 2.17. The zero-order chi connectivity index (χ0) is 51.4. The summed E-state index contributed by atoms with van der Waals surface area (Å²) in [5.41, 5.74) is 0.